The predicted molar refractivity (Wildman–Crippen MR) is 56.8 cm³/mol. The van der Waals surface area contributed by atoms with E-state index < -0.39 is 0 Å². The molecule has 0 aromatic rings. The third-order valence-electron chi connectivity index (χ3n) is 3.47. The van der Waals surface area contributed by atoms with Crippen molar-refractivity contribution in [3.8, 4) is 0 Å². The Morgan fingerprint density at radius 1 is 1.20 bits per heavy atom. The molecule has 2 atom stereocenters. The molecule has 2 aliphatic carbocycles. The SMILES string of the molecule is NC1CCC(C(=O)NOC2CCCC2)C1. The number of nitrogens with two attached hydrogens (primary N) is 1. The molecular formula is C11H20N2O2. The number of rotatable bonds is 3. The normalized spacial score (nSPS) is 32.1. The predicted octanol–water partition coefficient (Wildman–Crippen LogP) is 1.10. The van der Waals surface area contributed by atoms with Crippen molar-refractivity contribution in [2.45, 2.75) is 57.1 Å². The maximum atomic E-state index is 11.7. The zero-order valence-electron chi connectivity index (χ0n) is 9.08. The lowest BCUT2D eigenvalue weighted by atomic mass is 10.1. The summed E-state index contributed by atoms with van der Waals surface area (Å²) in [4.78, 5) is 17.0. The zero-order valence-corrected chi connectivity index (χ0v) is 9.08. The molecule has 0 aliphatic heterocycles. The molecule has 2 fully saturated rings. The van der Waals surface area contributed by atoms with Gasteiger partial charge in [-0.2, -0.15) is 0 Å². The summed E-state index contributed by atoms with van der Waals surface area (Å²) in [7, 11) is 0. The van der Waals surface area contributed by atoms with E-state index in [4.69, 9.17) is 10.6 Å². The van der Waals surface area contributed by atoms with Gasteiger partial charge in [0.05, 0.1) is 6.10 Å². The van der Waals surface area contributed by atoms with Crippen LogP contribution in [0.4, 0.5) is 0 Å². The second kappa shape index (κ2) is 4.94. The van der Waals surface area contributed by atoms with Crippen LogP contribution >= 0.6 is 0 Å². The Morgan fingerprint density at radius 3 is 2.53 bits per heavy atom. The molecular weight excluding hydrogens is 192 g/mol. The summed E-state index contributed by atoms with van der Waals surface area (Å²) in [6.07, 6.45) is 7.49. The lowest BCUT2D eigenvalue weighted by Crippen LogP contribution is -2.33. The van der Waals surface area contributed by atoms with E-state index in [0.717, 1.165) is 32.1 Å². The lowest BCUT2D eigenvalue weighted by Gasteiger charge is -2.14. The van der Waals surface area contributed by atoms with Crippen molar-refractivity contribution in [3.63, 3.8) is 0 Å². The maximum absolute atomic E-state index is 11.7. The first-order valence-electron chi connectivity index (χ1n) is 5.97. The van der Waals surface area contributed by atoms with Crippen molar-refractivity contribution < 1.29 is 9.63 Å². The average molecular weight is 212 g/mol. The molecule has 15 heavy (non-hydrogen) atoms. The molecule has 2 aliphatic rings. The van der Waals surface area contributed by atoms with Gasteiger partial charge in [0.15, 0.2) is 0 Å². The van der Waals surface area contributed by atoms with Gasteiger partial charge >= 0.3 is 0 Å². The van der Waals surface area contributed by atoms with Crippen LogP contribution < -0.4 is 11.2 Å². The van der Waals surface area contributed by atoms with E-state index in [1.54, 1.807) is 0 Å². The van der Waals surface area contributed by atoms with Crippen LogP contribution in [0.25, 0.3) is 0 Å². The van der Waals surface area contributed by atoms with Gasteiger partial charge in [-0.1, -0.05) is 12.8 Å². The van der Waals surface area contributed by atoms with Crippen LogP contribution in [-0.4, -0.2) is 18.1 Å². The fraction of sp³-hybridized carbons (Fsp3) is 0.909. The number of hydrogen-bond acceptors (Lipinski definition) is 3. The molecule has 2 unspecified atom stereocenters. The Balaban J connectivity index is 1.67. The number of carbonyl (C=O) groups excluding carboxylic acids is 1. The van der Waals surface area contributed by atoms with E-state index in [1.807, 2.05) is 0 Å². The largest absolute Gasteiger partial charge is 0.328 e. The third-order valence-corrected chi connectivity index (χ3v) is 3.47. The molecule has 4 heteroatoms. The Hall–Kier alpha value is -0.610. The van der Waals surface area contributed by atoms with Crippen LogP contribution in [0.3, 0.4) is 0 Å². The van der Waals surface area contributed by atoms with Crippen LogP contribution in [0.1, 0.15) is 44.9 Å². The standard InChI is InChI=1S/C11H20N2O2/c12-9-6-5-8(7-9)11(14)13-15-10-3-1-2-4-10/h8-10H,1-7,12H2,(H,13,14). The first-order valence-corrected chi connectivity index (χ1v) is 5.97. The molecule has 0 aromatic carbocycles. The summed E-state index contributed by atoms with van der Waals surface area (Å²) in [6.45, 7) is 0. The Morgan fingerprint density at radius 2 is 1.93 bits per heavy atom. The quantitative estimate of drug-likeness (QED) is 0.689. The monoisotopic (exact) mass is 212 g/mol. The fourth-order valence-electron chi connectivity index (χ4n) is 2.49. The minimum Gasteiger partial charge on any atom is -0.328 e. The summed E-state index contributed by atoms with van der Waals surface area (Å²) in [5, 5.41) is 0. The number of amides is 1. The first-order chi connectivity index (χ1) is 7.25. The number of hydrogen-bond donors (Lipinski definition) is 2. The van der Waals surface area contributed by atoms with Crippen molar-refractivity contribution >= 4 is 5.91 Å². The van der Waals surface area contributed by atoms with Gasteiger partial charge in [0.2, 0.25) is 5.91 Å². The van der Waals surface area contributed by atoms with Gasteiger partial charge in [-0.15, -0.1) is 0 Å². The van der Waals surface area contributed by atoms with Gasteiger partial charge in [0.1, 0.15) is 0 Å². The van der Waals surface area contributed by atoms with Crippen molar-refractivity contribution in [1.82, 2.24) is 5.48 Å². The average Bonchev–Trinajstić information content (AvgIpc) is 2.84. The van der Waals surface area contributed by atoms with Crippen LogP contribution in [0.2, 0.25) is 0 Å². The summed E-state index contributed by atoms with van der Waals surface area (Å²) < 4.78 is 0. The van der Waals surface area contributed by atoms with E-state index >= 15 is 0 Å². The maximum Gasteiger partial charge on any atom is 0.246 e. The highest BCUT2D eigenvalue weighted by atomic mass is 16.7. The van der Waals surface area contributed by atoms with Gasteiger partial charge < -0.3 is 5.73 Å². The van der Waals surface area contributed by atoms with Gasteiger partial charge in [-0.25, -0.2) is 5.48 Å². The molecule has 86 valence electrons. The van der Waals surface area contributed by atoms with Crippen molar-refractivity contribution in [1.29, 1.82) is 0 Å². The van der Waals surface area contributed by atoms with Gasteiger partial charge in [0, 0.05) is 12.0 Å². The highest BCUT2D eigenvalue weighted by molar-refractivity contribution is 5.77. The molecule has 0 aromatic heterocycles. The Kier molecular flexibility index (Phi) is 3.59. The van der Waals surface area contributed by atoms with E-state index in [0.29, 0.717) is 0 Å². The number of carbonyl (C=O) groups is 1. The number of hydroxylamine groups is 1. The molecule has 1 amide bonds. The lowest BCUT2D eigenvalue weighted by molar-refractivity contribution is -0.142. The van der Waals surface area contributed by atoms with Crippen LogP contribution in [-0.2, 0) is 9.63 Å². The second-order valence-electron chi connectivity index (χ2n) is 4.76. The first kappa shape index (κ1) is 10.9. The van der Waals surface area contributed by atoms with Gasteiger partial charge in [0.25, 0.3) is 0 Å². The second-order valence-corrected chi connectivity index (χ2v) is 4.76. The summed E-state index contributed by atoms with van der Waals surface area (Å²) >= 11 is 0. The topological polar surface area (TPSA) is 64.4 Å². The molecule has 0 heterocycles. The summed E-state index contributed by atoms with van der Waals surface area (Å²) in [5.74, 6) is 0.0938. The highest BCUT2D eigenvalue weighted by Gasteiger charge is 2.28. The number of nitrogens with one attached hydrogen (secondary N) is 1. The highest BCUT2D eigenvalue weighted by Crippen LogP contribution is 2.25. The summed E-state index contributed by atoms with van der Waals surface area (Å²) in [6, 6.07) is 0.201. The van der Waals surface area contributed by atoms with Crippen molar-refractivity contribution in [2.75, 3.05) is 0 Å². The molecule has 2 rings (SSSR count). The molecule has 0 spiro atoms. The van der Waals surface area contributed by atoms with E-state index in [1.165, 1.54) is 12.8 Å². The van der Waals surface area contributed by atoms with E-state index in [2.05, 4.69) is 5.48 Å². The minimum atomic E-state index is 0.0230. The van der Waals surface area contributed by atoms with E-state index in [-0.39, 0.29) is 24.0 Å². The Bertz CT molecular complexity index is 227. The van der Waals surface area contributed by atoms with Gasteiger partial charge in [-0.3, -0.25) is 9.63 Å². The molecule has 0 saturated heterocycles. The van der Waals surface area contributed by atoms with Crippen LogP contribution in [0.5, 0.6) is 0 Å². The molecule has 3 N–H and O–H groups in total. The summed E-state index contributed by atoms with van der Waals surface area (Å²) in [5.41, 5.74) is 8.35. The smallest absolute Gasteiger partial charge is 0.246 e. The van der Waals surface area contributed by atoms with Gasteiger partial charge in [-0.05, 0) is 32.1 Å². The van der Waals surface area contributed by atoms with Crippen LogP contribution in [0, 0.1) is 5.92 Å². The molecule has 2 saturated carbocycles. The Labute approximate surface area is 90.5 Å². The minimum absolute atomic E-state index is 0.0230. The zero-order chi connectivity index (χ0) is 10.7. The van der Waals surface area contributed by atoms with Crippen molar-refractivity contribution in [2.24, 2.45) is 11.7 Å². The molecule has 4 nitrogen and oxygen atoms in total. The van der Waals surface area contributed by atoms with Crippen LogP contribution in [0.15, 0.2) is 0 Å². The molecule has 0 bridgehead atoms. The third kappa shape index (κ3) is 2.92. The van der Waals surface area contributed by atoms with E-state index in [9.17, 15) is 4.79 Å². The molecule has 0 radical (unpaired) electrons. The van der Waals surface area contributed by atoms with Crippen molar-refractivity contribution in [3.05, 3.63) is 0 Å². The fourth-order valence-corrected chi connectivity index (χ4v) is 2.49.